The predicted octanol–water partition coefficient (Wildman–Crippen LogP) is 1.58. The standard InChI is InChI=1S/C14H28N2O3.ClH/c1-18-11-6-9-16(10-12-19-2)13(17)14(15)7-4-3-5-8-14;/h3-12,15H2,1-2H3;1H. The average Bonchev–Trinajstić information content (AvgIpc) is 2.43. The van der Waals surface area contributed by atoms with Crippen molar-refractivity contribution < 1.29 is 14.3 Å². The van der Waals surface area contributed by atoms with Crippen molar-refractivity contribution in [2.24, 2.45) is 5.73 Å². The van der Waals surface area contributed by atoms with E-state index in [1.165, 1.54) is 6.42 Å². The molecule has 2 N–H and O–H groups in total. The Labute approximate surface area is 128 Å². The van der Waals surface area contributed by atoms with Crippen molar-refractivity contribution in [3.05, 3.63) is 0 Å². The first-order valence-electron chi connectivity index (χ1n) is 7.20. The SMILES string of the molecule is COCCCN(CCOC)C(=O)C1(N)CCCCC1.Cl. The van der Waals surface area contributed by atoms with Gasteiger partial charge in [0.25, 0.3) is 0 Å². The molecule has 5 nitrogen and oxygen atoms in total. The molecule has 1 amide bonds. The molecule has 20 heavy (non-hydrogen) atoms. The second kappa shape index (κ2) is 10.4. The van der Waals surface area contributed by atoms with Crippen molar-refractivity contribution in [3.63, 3.8) is 0 Å². The minimum Gasteiger partial charge on any atom is -0.385 e. The van der Waals surface area contributed by atoms with Gasteiger partial charge in [-0.2, -0.15) is 0 Å². The van der Waals surface area contributed by atoms with Gasteiger partial charge in [0.2, 0.25) is 5.91 Å². The first-order valence-corrected chi connectivity index (χ1v) is 7.20. The van der Waals surface area contributed by atoms with Crippen LogP contribution in [0, 0.1) is 0 Å². The minimum absolute atomic E-state index is 0. The lowest BCUT2D eigenvalue weighted by molar-refractivity contribution is -0.139. The van der Waals surface area contributed by atoms with Crippen molar-refractivity contribution in [2.75, 3.05) is 40.5 Å². The molecule has 0 bridgehead atoms. The van der Waals surface area contributed by atoms with Crippen molar-refractivity contribution in [2.45, 2.75) is 44.1 Å². The summed E-state index contributed by atoms with van der Waals surface area (Å²) in [7, 11) is 3.32. The van der Waals surface area contributed by atoms with Crippen LogP contribution in [0.25, 0.3) is 0 Å². The molecule has 0 unspecified atom stereocenters. The zero-order chi connectivity index (χ0) is 14.1. The van der Waals surface area contributed by atoms with E-state index in [-0.39, 0.29) is 18.3 Å². The third kappa shape index (κ3) is 5.95. The molecule has 1 fully saturated rings. The molecule has 1 saturated carbocycles. The first kappa shape index (κ1) is 19.6. The summed E-state index contributed by atoms with van der Waals surface area (Å²) in [5.41, 5.74) is 5.66. The Morgan fingerprint density at radius 1 is 1.10 bits per heavy atom. The van der Waals surface area contributed by atoms with E-state index in [0.717, 1.165) is 32.1 Å². The molecule has 1 aliphatic rings. The Kier molecular flexibility index (Phi) is 10.2. The normalized spacial score (nSPS) is 17.4. The summed E-state index contributed by atoms with van der Waals surface area (Å²) in [6, 6.07) is 0. The number of hydrogen-bond donors (Lipinski definition) is 1. The summed E-state index contributed by atoms with van der Waals surface area (Å²) >= 11 is 0. The van der Waals surface area contributed by atoms with Crippen LogP contribution in [0.3, 0.4) is 0 Å². The number of halogens is 1. The van der Waals surface area contributed by atoms with Crippen LogP contribution >= 0.6 is 12.4 Å². The highest BCUT2D eigenvalue weighted by Gasteiger charge is 2.37. The molecule has 6 heteroatoms. The Hall–Kier alpha value is -0.360. The number of nitrogens with zero attached hydrogens (tertiary/aromatic N) is 1. The maximum Gasteiger partial charge on any atom is 0.242 e. The summed E-state index contributed by atoms with van der Waals surface area (Å²) in [5.74, 6) is 0.0837. The van der Waals surface area contributed by atoms with E-state index in [1.54, 1.807) is 14.2 Å². The van der Waals surface area contributed by atoms with Gasteiger partial charge in [0.15, 0.2) is 0 Å². The molecule has 0 aliphatic heterocycles. The highest BCUT2D eigenvalue weighted by Crippen LogP contribution is 2.27. The van der Waals surface area contributed by atoms with Crippen LogP contribution in [0.1, 0.15) is 38.5 Å². The van der Waals surface area contributed by atoms with Gasteiger partial charge in [-0.3, -0.25) is 4.79 Å². The largest absolute Gasteiger partial charge is 0.385 e. The van der Waals surface area contributed by atoms with Gasteiger partial charge in [-0.15, -0.1) is 12.4 Å². The van der Waals surface area contributed by atoms with Gasteiger partial charge < -0.3 is 20.1 Å². The fraction of sp³-hybridized carbons (Fsp3) is 0.929. The van der Waals surface area contributed by atoms with Crippen LogP contribution in [0.4, 0.5) is 0 Å². The van der Waals surface area contributed by atoms with E-state index in [4.69, 9.17) is 15.2 Å². The number of hydrogen-bond acceptors (Lipinski definition) is 4. The second-order valence-corrected chi connectivity index (χ2v) is 5.35. The molecule has 0 atom stereocenters. The van der Waals surface area contributed by atoms with Gasteiger partial charge in [0.05, 0.1) is 12.1 Å². The summed E-state index contributed by atoms with van der Waals surface area (Å²) in [6.45, 7) is 2.51. The van der Waals surface area contributed by atoms with E-state index in [1.807, 2.05) is 4.90 Å². The number of nitrogens with two attached hydrogens (primary N) is 1. The van der Waals surface area contributed by atoms with Gasteiger partial charge in [0, 0.05) is 33.9 Å². The fourth-order valence-electron chi connectivity index (χ4n) is 2.63. The average molecular weight is 309 g/mol. The number of rotatable bonds is 8. The van der Waals surface area contributed by atoms with Crippen LogP contribution in [-0.4, -0.2) is 56.9 Å². The lowest BCUT2D eigenvalue weighted by Crippen LogP contribution is -2.57. The third-order valence-electron chi connectivity index (χ3n) is 3.80. The summed E-state index contributed by atoms with van der Waals surface area (Å²) in [6.07, 6.45) is 5.74. The van der Waals surface area contributed by atoms with Crippen LogP contribution in [-0.2, 0) is 14.3 Å². The monoisotopic (exact) mass is 308 g/mol. The zero-order valence-corrected chi connectivity index (χ0v) is 13.5. The number of methoxy groups -OCH3 is 2. The molecular formula is C14H29ClN2O3. The molecule has 0 radical (unpaired) electrons. The molecule has 0 heterocycles. The maximum absolute atomic E-state index is 12.6. The van der Waals surface area contributed by atoms with E-state index in [0.29, 0.717) is 26.3 Å². The topological polar surface area (TPSA) is 64.8 Å². The van der Waals surface area contributed by atoms with Gasteiger partial charge in [-0.25, -0.2) is 0 Å². The highest BCUT2D eigenvalue weighted by molar-refractivity contribution is 5.86. The van der Waals surface area contributed by atoms with Crippen molar-refractivity contribution >= 4 is 18.3 Å². The highest BCUT2D eigenvalue weighted by atomic mass is 35.5. The molecule has 0 aromatic rings. The van der Waals surface area contributed by atoms with E-state index >= 15 is 0 Å². The van der Waals surface area contributed by atoms with Gasteiger partial charge in [0.1, 0.15) is 0 Å². The van der Waals surface area contributed by atoms with Gasteiger partial charge in [-0.1, -0.05) is 19.3 Å². The number of ether oxygens (including phenoxy) is 2. The van der Waals surface area contributed by atoms with Crippen LogP contribution < -0.4 is 5.73 Å². The Morgan fingerprint density at radius 2 is 1.70 bits per heavy atom. The summed E-state index contributed by atoms with van der Waals surface area (Å²) < 4.78 is 10.1. The van der Waals surface area contributed by atoms with Crippen molar-refractivity contribution in [3.8, 4) is 0 Å². The van der Waals surface area contributed by atoms with Crippen LogP contribution in [0.2, 0.25) is 0 Å². The van der Waals surface area contributed by atoms with E-state index in [2.05, 4.69) is 0 Å². The van der Waals surface area contributed by atoms with Crippen molar-refractivity contribution in [1.29, 1.82) is 0 Å². The molecule has 0 aromatic carbocycles. The van der Waals surface area contributed by atoms with E-state index in [9.17, 15) is 4.79 Å². The first-order chi connectivity index (χ1) is 9.14. The number of amides is 1. The Morgan fingerprint density at radius 3 is 2.25 bits per heavy atom. The maximum atomic E-state index is 12.6. The van der Waals surface area contributed by atoms with Crippen LogP contribution in [0.5, 0.6) is 0 Å². The predicted molar refractivity (Wildman–Crippen MR) is 82.2 cm³/mol. The second-order valence-electron chi connectivity index (χ2n) is 5.35. The fourth-order valence-corrected chi connectivity index (χ4v) is 2.63. The third-order valence-corrected chi connectivity index (χ3v) is 3.80. The minimum atomic E-state index is -0.654. The summed E-state index contributed by atoms with van der Waals surface area (Å²) in [4.78, 5) is 14.5. The summed E-state index contributed by atoms with van der Waals surface area (Å²) in [5, 5.41) is 0. The lowest BCUT2D eigenvalue weighted by Gasteiger charge is -2.37. The van der Waals surface area contributed by atoms with Crippen molar-refractivity contribution in [1.82, 2.24) is 4.90 Å². The Bertz CT molecular complexity index is 271. The smallest absolute Gasteiger partial charge is 0.242 e. The molecular weight excluding hydrogens is 280 g/mol. The lowest BCUT2D eigenvalue weighted by atomic mass is 9.81. The molecule has 0 spiro atoms. The number of carbonyl (C=O) groups is 1. The molecule has 1 rings (SSSR count). The molecule has 120 valence electrons. The zero-order valence-electron chi connectivity index (χ0n) is 12.7. The molecule has 0 aromatic heterocycles. The van der Waals surface area contributed by atoms with Gasteiger partial charge in [-0.05, 0) is 19.3 Å². The quantitative estimate of drug-likeness (QED) is 0.692. The number of carbonyl (C=O) groups excluding carboxylic acids is 1. The van der Waals surface area contributed by atoms with Crippen LogP contribution in [0.15, 0.2) is 0 Å². The van der Waals surface area contributed by atoms with Gasteiger partial charge >= 0.3 is 0 Å². The Balaban J connectivity index is 0.00000361. The molecule has 1 aliphatic carbocycles. The van der Waals surface area contributed by atoms with E-state index < -0.39 is 5.54 Å². The molecule has 0 saturated heterocycles.